The topological polar surface area (TPSA) is 98.3 Å². The lowest BCUT2D eigenvalue weighted by molar-refractivity contribution is -0.384. The Morgan fingerprint density at radius 3 is 2.36 bits per heavy atom. The van der Waals surface area contributed by atoms with E-state index in [-0.39, 0.29) is 11.6 Å². The summed E-state index contributed by atoms with van der Waals surface area (Å²) in [4.78, 5) is 11.1. The Bertz CT molecular complexity index is 996. The SMILES string of the molecule is Cn1nccc1C1CCN(c2ccc(S(=O)(=O)C(F)(F)F)cc2[N+](=O)[O-])CC1. The van der Waals surface area contributed by atoms with E-state index in [1.807, 2.05) is 13.1 Å². The van der Waals surface area contributed by atoms with Crippen molar-refractivity contribution < 1.29 is 26.5 Å². The number of anilines is 1. The predicted molar refractivity (Wildman–Crippen MR) is 93.7 cm³/mol. The van der Waals surface area contributed by atoms with Crippen LogP contribution in [0.5, 0.6) is 0 Å². The van der Waals surface area contributed by atoms with Crippen LogP contribution in [0.25, 0.3) is 0 Å². The van der Waals surface area contributed by atoms with Crippen molar-refractivity contribution in [2.24, 2.45) is 7.05 Å². The van der Waals surface area contributed by atoms with Gasteiger partial charge in [0, 0.05) is 44.0 Å². The van der Waals surface area contributed by atoms with Gasteiger partial charge in [0.05, 0.1) is 9.82 Å². The van der Waals surface area contributed by atoms with Crippen LogP contribution in [-0.4, -0.2) is 41.7 Å². The van der Waals surface area contributed by atoms with E-state index < -0.39 is 30.9 Å². The molecule has 2 aromatic rings. The quantitative estimate of drug-likeness (QED) is 0.559. The van der Waals surface area contributed by atoms with Crippen molar-refractivity contribution in [3.63, 3.8) is 0 Å². The van der Waals surface area contributed by atoms with Gasteiger partial charge in [0.15, 0.2) is 0 Å². The highest BCUT2D eigenvalue weighted by molar-refractivity contribution is 7.92. The third-order valence-electron chi connectivity index (χ3n) is 4.87. The summed E-state index contributed by atoms with van der Waals surface area (Å²) < 4.78 is 63.1. The lowest BCUT2D eigenvalue weighted by atomic mass is 9.93. The highest BCUT2D eigenvalue weighted by atomic mass is 32.2. The van der Waals surface area contributed by atoms with Crippen molar-refractivity contribution in [1.82, 2.24) is 9.78 Å². The smallest absolute Gasteiger partial charge is 0.366 e. The molecule has 1 aliphatic heterocycles. The van der Waals surface area contributed by atoms with Crippen LogP contribution in [0.1, 0.15) is 24.5 Å². The summed E-state index contributed by atoms with van der Waals surface area (Å²) >= 11 is 0. The number of nitro groups is 1. The number of rotatable bonds is 4. The van der Waals surface area contributed by atoms with Gasteiger partial charge < -0.3 is 4.90 Å². The van der Waals surface area contributed by atoms with Crippen LogP contribution in [0, 0.1) is 10.1 Å². The molecule has 0 aliphatic carbocycles. The minimum atomic E-state index is -5.66. The first kappa shape index (κ1) is 20.1. The van der Waals surface area contributed by atoms with Crippen molar-refractivity contribution >= 4 is 21.2 Å². The molecule has 28 heavy (non-hydrogen) atoms. The predicted octanol–water partition coefficient (Wildman–Crippen LogP) is 3.01. The Labute approximate surface area is 158 Å². The number of alkyl halides is 3. The number of nitro benzene ring substituents is 1. The molecule has 0 atom stereocenters. The van der Waals surface area contributed by atoms with Crippen molar-refractivity contribution in [1.29, 1.82) is 0 Å². The third-order valence-corrected chi connectivity index (χ3v) is 6.36. The maximum Gasteiger partial charge on any atom is 0.501 e. The van der Waals surface area contributed by atoms with E-state index in [1.54, 1.807) is 15.8 Å². The fourth-order valence-corrected chi connectivity index (χ4v) is 4.20. The zero-order valence-corrected chi connectivity index (χ0v) is 15.6. The first-order valence-electron chi connectivity index (χ1n) is 8.35. The zero-order valence-electron chi connectivity index (χ0n) is 14.8. The summed E-state index contributed by atoms with van der Waals surface area (Å²) in [6, 6.07) is 4.21. The molecule has 0 bridgehead atoms. The summed E-state index contributed by atoms with van der Waals surface area (Å²) in [7, 11) is -3.83. The highest BCUT2D eigenvalue weighted by Crippen LogP contribution is 2.38. The molecule has 1 fully saturated rings. The number of halogens is 3. The summed E-state index contributed by atoms with van der Waals surface area (Å²) in [5.41, 5.74) is -5.04. The Morgan fingerprint density at radius 2 is 1.86 bits per heavy atom. The summed E-state index contributed by atoms with van der Waals surface area (Å²) in [5, 5.41) is 15.5. The van der Waals surface area contributed by atoms with Gasteiger partial charge >= 0.3 is 5.51 Å². The zero-order chi connectivity index (χ0) is 20.7. The van der Waals surface area contributed by atoms with Crippen molar-refractivity contribution in [2.45, 2.75) is 29.2 Å². The maximum atomic E-state index is 12.7. The molecule has 8 nitrogen and oxygen atoms in total. The van der Waals surface area contributed by atoms with Crippen LogP contribution < -0.4 is 4.90 Å². The second-order valence-corrected chi connectivity index (χ2v) is 8.44. The number of benzene rings is 1. The van der Waals surface area contributed by atoms with Gasteiger partial charge in [-0.1, -0.05) is 0 Å². The van der Waals surface area contributed by atoms with Gasteiger partial charge in [-0.3, -0.25) is 14.8 Å². The standard InChI is InChI=1S/C16H17F3N4O4S/c1-21-13(4-7-20-21)11-5-8-22(9-6-11)14-3-2-12(10-15(14)23(24)25)28(26,27)16(17,18)19/h2-4,7,10-11H,5-6,8-9H2,1H3. The lowest BCUT2D eigenvalue weighted by Crippen LogP contribution is -2.34. The average Bonchev–Trinajstić information content (AvgIpc) is 3.06. The van der Waals surface area contributed by atoms with Crippen LogP contribution in [0.15, 0.2) is 35.4 Å². The molecule has 0 unspecified atom stereocenters. The van der Waals surface area contributed by atoms with Crippen LogP contribution in [0.2, 0.25) is 0 Å². The van der Waals surface area contributed by atoms with E-state index in [0.717, 1.165) is 17.8 Å². The van der Waals surface area contributed by atoms with Gasteiger partial charge in [-0.25, -0.2) is 8.42 Å². The number of piperidine rings is 1. The Kier molecular flexibility index (Phi) is 5.08. The Morgan fingerprint density at radius 1 is 1.21 bits per heavy atom. The largest absolute Gasteiger partial charge is 0.501 e. The highest BCUT2D eigenvalue weighted by Gasteiger charge is 2.47. The molecule has 152 valence electrons. The molecule has 0 spiro atoms. The summed E-state index contributed by atoms with van der Waals surface area (Å²) in [5.74, 6) is 0.215. The summed E-state index contributed by atoms with van der Waals surface area (Å²) in [6.07, 6.45) is 3.05. The number of aromatic nitrogens is 2. The fraction of sp³-hybridized carbons (Fsp3) is 0.438. The van der Waals surface area contributed by atoms with Crippen LogP contribution in [0.3, 0.4) is 0 Å². The number of hydrogen-bond donors (Lipinski definition) is 0. The first-order valence-corrected chi connectivity index (χ1v) is 9.83. The number of hydrogen-bond acceptors (Lipinski definition) is 6. The number of nitrogens with zero attached hydrogens (tertiary/aromatic N) is 4. The Hall–Kier alpha value is -2.63. The number of sulfone groups is 1. The maximum absolute atomic E-state index is 12.7. The third kappa shape index (κ3) is 3.55. The molecule has 1 saturated heterocycles. The molecule has 0 saturated carbocycles. The van der Waals surface area contributed by atoms with Gasteiger partial charge in [0.25, 0.3) is 15.5 Å². The van der Waals surface area contributed by atoms with Gasteiger partial charge in [0.2, 0.25) is 0 Å². The first-order chi connectivity index (χ1) is 13.0. The van der Waals surface area contributed by atoms with Gasteiger partial charge in [-0.2, -0.15) is 18.3 Å². The van der Waals surface area contributed by atoms with E-state index in [4.69, 9.17) is 0 Å². The average molecular weight is 418 g/mol. The minimum absolute atomic E-state index is 0.106. The van der Waals surface area contributed by atoms with E-state index in [2.05, 4.69) is 5.10 Å². The fourth-order valence-electron chi connectivity index (χ4n) is 3.42. The molecule has 1 aromatic carbocycles. The Balaban J connectivity index is 1.87. The molecule has 2 heterocycles. The summed E-state index contributed by atoms with van der Waals surface area (Å²) in [6.45, 7) is 0.893. The molecular formula is C16H17F3N4O4S. The molecule has 1 aliphatic rings. The van der Waals surface area contributed by atoms with Crippen molar-refractivity contribution in [3.05, 3.63) is 46.3 Å². The van der Waals surface area contributed by atoms with E-state index in [9.17, 15) is 31.7 Å². The van der Waals surface area contributed by atoms with Crippen LogP contribution in [-0.2, 0) is 16.9 Å². The monoisotopic (exact) mass is 418 g/mol. The van der Waals surface area contributed by atoms with E-state index >= 15 is 0 Å². The molecule has 0 amide bonds. The van der Waals surface area contributed by atoms with Crippen LogP contribution in [0.4, 0.5) is 24.5 Å². The molecule has 0 N–H and O–H groups in total. The minimum Gasteiger partial charge on any atom is -0.366 e. The van der Waals surface area contributed by atoms with E-state index in [0.29, 0.717) is 32.0 Å². The number of aryl methyl sites for hydroxylation is 1. The van der Waals surface area contributed by atoms with E-state index in [1.165, 1.54) is 0 Å². The molecule has 12 heteroatoms. The second-order valence-electron chi connectivity index (χ2n) is 6.50. The molecule has 3 rings (SSSR count). The van der Waals surface area contributed by atoms with Crippen molar-refractivity contribution in [3.8, 4) is 0 Å². The van der Waals surface area contributed by atoms with Crippen LogP contribution >= 0.6 is 0 Å². The molecule has 1 aromatic heterocycles. The molecular weight excluding hydrogens is 401 g/mol. The lowest BCUT2D eigenvalue weighted by Gasteiger charge is -2.33. The van der Waals surface area contributed by atoms with Gasteiger partial charge in [-0.15, -0.1) is 0 Å². The second kappa shape index (κ2) is 7.08. The van der Waals surface area contributed by atoms with Crippen molar-refractivity contribution in [2.75, 3.05) is 18.0 Å². The molecule has 0 radical (unpaired) electrons. The van der Waals surface area contributed by atoms with Gasteiger partial charge in [-0.05, 0) is 31.0 Å². The normalized spacial score (nSPS) is 16.4. The van der Waals surface area contributed by atoms with Gasteiger partial charge in [0.1, 0.15) is 5.69 Å².